The molecule has 1 fully saturated rings. The van der Waals surface area contributed by atoms with Crippen molar-refractivity contribution in [3.8, 4) is 0 Å². The summed E-state index contributed by atoms with van der Waals surface area (Å²) in [6.45, 7) is 4.75. The van der Waals surface area contributed by atoms with Gasteiger partial charge in [-0.15, -0.1) is 0 Å². The van der Waals surface area contributed by atoms with Gasteiger partial charge in [-0.25, -0.2) is 4.39 Å². The zero-order valence-corrected chi connectivity index (χ0v) is 12.6. The number of hydrogen-bond acceptors (Lipinski definition) is 2. The number of rotatable bonds is 6. The molecule has 1 aliphatic carbocycles. The topological polar surface area (TPSA) is 29.3 Å². The molecule has 0 atom stereocenters. The quantitative estimate of drug-likeness (QED) is 0.859. The van der Waals surface area contributed by atoms with E-state index >= 15 is 0 Å². The minimum atomic E-state index is -0.149. The summed E-state index contributed by atoms with van der Waals surface area (Å²) in [6.07, 6.45) is 7.32. The smallest absolute Gasteiger partial charge is 0.123 e. The minimum absolute atomic E-state index is 0.126. The lowest BCUT2D eigenvalue weighted by atomic mass is 9.80. The van der Waals surface area contributed by atoms with E-state index in [1.165, 1.54) is 38.2 Å². The largest absolute Gasteiger partial charge is 0.329 e. The summed E-state index contributed by atoms with van der Waals surface area (Å²) in [5.41, 5.74) is 7.32. The fourth-order valence-electron chi connectivity index (χ4n) is 3.47. The van der Waals surface area contributed by atoms with Crippen LogP contribution in [0.25, 0.3) is 0 Å². The fraction of sp³-hybridized carbons (Fsp3) is 0.647. The predicted molar refractivity (Wildman–Crippen MR) is 82.0 cm³/mol. The third-order valence-corrected chi connectivity index (χ3v) is 4.59. The van der Waals surface area contributed by atoms with Crippen molar-refractivity contribution in [1.29, 1.82) is 0 Å². The van der Waals surface area contributed by atoms with E-state index in [9.17, 15) is 4.39 Å². The van der Waals surface area contributed by atoms with Gasteiger partial charge >= 0.3 is 0 Å². The molecule has 0 saturated heterocycles. The van der Waals surface area contributed by atoms with Crippen LogP contribution in [0, 0.1) is 5.82 Å². The Morgan fingerprint density at radius 3 is 2.60 bits per heavy atom. The molecule has 0 bridgehead atoms. The van der Waals surface area contributed by atoms with Crippen molar-refractivity contribution < 1.29 is 4.39 Å². The van der Waals surface area contributed by atoms with Crippen LogP contribution >= 0.6 is 0 Å². The van der Waals surface area contributed by atoms with Gasteiger partial charge in [-0.05, 0) is 43.5 Å². The lowest BCUT2D eigenvalue weighted by molar-refractivity contribution is 0.0494. The van der Waals surface area contributed by atoms with E-state index in [2.05, 4.69) is 11.8 Å². The van der Waals surface area contributed by atoms with Crippen molar-refractivity contribution >= 4 is 0 Å². The molecule has 0 heterocycles. The molecule has 0 unspecified atom stereocenters. The summed E-state index contributed by atoms with van der Waals surface area (Å²) < 4.78 is 13.4. The van der Waals surface area contributed by atoms with E-state index in [4.69, 9.17) is 5.73 Å². The van der Waals surface area contributed by atoms with Gasteiger partial charge in [-0.1, -0.05) is 38.3 Å². The van der Waals surface area contributed by atoms with Crippen LogP contribution in [-0.4, -0.2) is 23.5 Å². The number of nitrogens with two attached hydrogens (primary N) is 1. The summed E-state index contributed by atoms with van der Waals surface area (Å²) in [5.74, 6) is -0.149. The molecule has 1 aromatic carbocycles. The van der Waals surface area contributed by atoms with E-state index in [1.54, 1.807) is 12.1 Å². The van der Waals surface area contributed by atoms with Crippen molar-refractivity contribution in [3.05, 3.63) is 35.6 Å². The molecule has 0 spiro atoms. The summed E-state index contributed by atoms with van der Waals surface area (Å²) >= 11 is 0. The van der Waals surface area contributed by atoms with Gasteiger partial charge in [-0.2, -0.15) is 0 Å². The van der Waals surface area contributed by atoms with Gasteiger partial charge in [0, 0.05) is 18.6 Å². The Labute approximate surface area is 122 Å². The van der Waals surface area contributed by atoms with Gasteiger partial charge in [0.1, 0.15) is 5.82 Å². The zero-order valence-electron chi connectivity index (χ0n) is 12.6. The Bertz CT molecular complexity index is 413. The van der Waals surface area contributed by atoms with Gasteiger partial charge < -0.3 is 5.73 Å². The second-order valence-electron chi connectivity index (χ2n) is 6.04. The molecule has 3 heteroatoms. The summed E-state index contributed by atoms with van der Waals surface area (Å²) in [4.78, 5) is 2.50. The normalized spacial score (nSPS) is 18.4. The molecule has 0 amide bonds. The highest BCUT2D eigenvalue weighted by Crippen LogP contribution is 2.34. The molecule has 1 aromatic rings. The van der Waals surface area contributed by atoms with Crippen LogP contribution in [0.1, 0.15) is 51.0 Å². The van der Waals surface area contributed by atoms with Gasteiger partial charge in [0.15, 0.2) is 0 Å². The van der Waals surface area contributed by atoms with Crippen LogP contribution < -0.4 is 5.73 Å². The Morgan fingerprint density at radius 2 is 2.00 bits per heavy atom. The van der Waals surface area contributed by atoms with Crippen LogP contribution in [0.15, 0.2) is 24.3 Å². The van der Waals surface area contributed by atoms with Crippen molar-refractivity contribution in [2.24, 2.45) is 5.73 Å². The highest BCUT2D eigenvalue weighted by atomic mass is 19.1. The third-order valence-electron chi connectivity index (χ3n) is 4.59. The Kier molecular flexibility index (Phi) is 5.55. The molecule has 2 rings (SSSR count). The van der Waals surface area contributed by atoms with E-state index in [0.29, 0.717) is 6.54 Å². The summed E-state index contributed by atoms with van der Waals surface area (Å²) in [6, 6.07) is 6.96. The van der Waals surface area contributed by atoms with Crippen molar-refractivity contribution in [1.82, 2.24) is 4.90 Å². The fourth-order valence-corrected chi connectivity index (χ4v) is 3.47. The number of hydrogen-bond donors (Lipinski definition) is 1. The first-order valence-electron chi connectivity index (χ1n) is 7.90. The average molecular weight is 278 g/mol. The SMILES string of the molecule is CCCN(Cc1cccc(F)c1)C1(CN)CCCCC1. The molecule has 20 heavy (non-hydrogen) atoms. The first-order chi connectivity index (χ1) is 9.70. The molecular weight excluding hydrogens is 251 g/mol. The molecule has 0 aromatic heterocycles. The van der Waals surface area contributed by atoms with Crippen LogP contribution in [0.2, 0.25) is 0 Å². The average Bonchev–Trinajstić information content (AvgIpc) is 2.47. The molecule has 112 valence electrons. The summed E-state index contributed by atoms with van der Waals surface area (Å²) in [5, 5.41) is 0. The number of benzene rings is 1. The highest BCUT2D eigenvalue weighted by molar-refractivity contribution is 5.17. The monoisotopic (exact) mass is 278 g/mol. The van der Waals surface area contributed by atoms with Crippen LogP contribution in [-0.2, 0) is 6.54 Å². The Balaban J connectivity index is 2.16. The van der Waals surface area contributed by atoms with Crippen LogP contribution in [0.5, 0.6) is 0 Å². The van der Waals surface area contributed by atoms with Crippen LogP contribution in [0.4, 0.5) is 4.39 Å². The molecule has 1 aliphatic rings. The molecule has 2 N–H and O–H groups in total. The van der Waals surface area contributed by atoms with E-state index in [-0.39, 0.29) is 11.4 Å². The Morgan fingerprint density at radius 1 is 1.25 bits per heavy atom. The summed E-state index contributed by atoms with van der Waals surface area (Å²) in [7, 11) is 0. The zero-order chi connectivity index (χ0) is 14.4. The second-order valence-corrected chi connectivity index (χ2v) is 6.04. The van der Waals surface area contributed by atoms with E-state index in [1.807, 2.05) is 6.07 Å². The number of nitrogens with zero attached hydrogens (tertiary/aromatic N) is 1. The molecule has 1 saturated carbocycles. The number of halogens is 1. The minimum Gasteiger partial charge on any atom is -0.329 e. The first kappa shape index (κ1) is 15.5. The third kappa shape index (κ3) is 3.58. The lowest BCUT2D eigenvalue weighted by Gasteiger charge is -2.46. The van der Waals surface area contributed by atoms with Gasteiger partial charge in [0.2, 0.25) is 0 Å². The Hall–Kier alpha value is -0.930. The maximum Gasteiger partial charge on any atom is 0.123 e. The van der Waals surface area contributed by atoms with Crippen LogP contribution in [0.3, 0.4) is 0 Å². The van der Waals surface area contributed by atoms with Gasteiger partial charge in [-0.3, -0.25) is 4.90 Å². The van der Waals surface area contributed by atoms with Gasteiger partial charge in [0.25, 0.3) is 0 Å². The van der Waals surface area contributed by atoms with E-state index < -0.39 is 0 Å². The van der Waals surface area contributed by atoms with Crippen molar-refractivity contribution in [3.63, 3.8) is 0 Å². The molecule has 0 radical (unpaired) electrons. The maximum atomic E-state index is 13.4. The second kappa shape index (κ2) is 7.19. The van der Waals surface area contributed by atoms with Crippen molar-refractivity contribution in [2.45, 2.75) is 57.5 Å². The first-order valence-corrected chi connectivity index (χ1v) is 7.90. The molecule has 2 nitrogen and oxygen atoms in total. The molecule has 0 aliphatic heterocycles. The van der Waals surface area contributed by atoms with Gasteiger partial charge in [0.05, 0.1) is 0 Å². The molecular formula is C17H27FN2. The predicted octanol–water partition coefficient (Wildman–Crippen LogP) is 3.70. The van der Waals surface area contributed by atoms with Crippen molar-refractivity contribution in [2.75, 3.05) is 13.1 Å². The maximum absolute atomic E-state index is 13.4. The van der Waals surface area contributed by atoms with E-state index in [0.717, 1.165) is 25.1 Å². The highest BCUT2D eigenvalue weighted by Gasteiger charge is 2.36. The lowest BCUT2D eigenvalue weighted by Crippen LogP contribution is -2.54. The standard InChI is InChI=1S/C17H27FN2/c1-2-11-20(13-15-7-6-8-16(18)12-15)17(14-19)9-4-3-5-10-17/h6-8,12H,2-5,9-11,13-14,19H2,1H3.